The summed E-state index contributed by atoms with van der Waals surface area (Å²) in [5.74, 6) is 0.417. The van der Waals surface area contributed by atoms with Crippen LogP contribution in [0.25, 0.3) is 0 Å². The van der Waals surface area contributed by atoms with Crippen molar-refractivity contribution in [3.05, 3.63) is 0 Å². The van der Waals surface area contributed by atoms with Crippen LogP contribution < -0.4 is 10.7 Å². The van der Waals surface area contributed by atoms with Crippen LogP contribution in [0, 0.1) is 17.2 Å². The van der Waals surface area contributed by atoms with Crippen LogP contribution >= 0.6 is 0 Å². The first-order chi connectivity index (χ1) is 11.2. The highest BCUT2D eigenvalue weighted by molar-refractivity contribution is 5.79. The van der Waals surface area contributed by atoms with Gasteiger partial charge in [-0.1, -0.05) is 0 Å². The van der Waals surface area contributed by atoms with E-state index in [9.17, 15) is 9.18 Å². The second kappa shape index (κ2) is 7.23. The van der Waals surface area contributed by atoms with Gasteiger partial charge < -0.3 is 15.6 Å². The largest absolute Gasteiger partial charge is 0.323 e. The topological polar surface area (TPSA) is 83.8 Å². The van der Waals surface area contributed by atoms with Gasteiger partial charge in [-0.15, -0.1) is 0 Å². The standard InChI is InChI=1S/C15H23FN6O/c16-12-4-14(5-17)22(8-12)15(23)6-19-13-2-1-11(3-13)7-21-10-18-9-20-21/h9,11-14,19H,1-4,6-8,10H2,(H,18,20)/t11-,12-,13?,14-/m0/s1. The number of nitriles is 1. The zero-order valence-electron chi connectivity index (χ0n) is 13.1. The molecule has 4 atom stereocenters. The van der Waals surface area contributed by atoms with Gasteiger partial charge in [-0.3, -0.25) is 9.79 Å². The van der Waals surface area contributed by atoms with Gasteiger partial charge in [0.1, 0.15) is 18.9 Å². The molecule has 1 saturated carbocycles. The summed E-state index contributed by atoms with van der Waals surface area (Å²) >= 11 is 0. The first kappa shape index (κ1) is 16.1. The lowest BCUT2D eigenvalue weighted by molar-refractivity contribution is -0.130. The fraction of sp³-hybridized carbons (Fsp3) is 0.800. The van der Waals surface area contributed by atoms with Gasteiger partial charge in [0.15, 0.2) is 0 Å². The number of nitrogens with zero attached hydrogens (tertiary/aromatic N) is 4. The zero-order valence-corrected chi connectivity index (χ0v) is 13.1. The maximum atomic E-state index is 13.4. The van der Waals surface area contributed by atoms with Crippen molar-refractivity contribution in [2.24, 2.45) is 10.9 Å². The SMILES string of the molecule is N#C[C@@H]1C[C@H](F)CN1C(=O)CNC1CC[C@H](CN2CN=CN2)C1. The molecular weight excluding hydrogens is 299 g/mol. The van der Waals surface area contributed by atoms with Gasteiger partial charge in [0.05, 0.1) is 25.5 Å². The molecule has 0 bridgehead atoms. The number of likely N-dealkylation sites (tertiary alicyclic amines) is 1. The number of hydrogen-bond donors (Lipinski definition) is 2. The molecule has 1 unspecified atom stereocenters. The molecule has 0 aromatic carbocycles. The Morgan fingerprint density at radius 2 is 2.35 bits per heavy atom. The fourth-order valence-electron chi connectivity index (χ4n) is 3.67. The van der Waals surface area contributed by atoms with Crippen molar-refractivity contribution in [3.63, 3.8) is 0 Å². The molecule has 0 aromatic heterocycles. The molecule has 2 heterocycles. The quantitative estimate of drug-likeness (QED) is 0.745. The van der Waals surface area contributed by atoms with Crippen LogP contribution in [0.1, 0.15) is 25.7 Å². The van der Waals surface area contributed by atoms with Gasteiger partial charge in [-0.25, -0.2) is 9.40 Å². The monoisotopic (exact) mass is 322 g/mol. The number of alkyl halides is 1. The molecule has 7 nitrogen and oxygen atoms in total. The molecule has 0 spiro atoms. The van der Waals surface area contributed by atoms with Crippen molar-refractivity contribution in [2.75, 3.05) is 26.3 Å². The number of amides is 1. The van der Waals surface area contributed by atoms with Crippen molar-refractivity contribution in [1.29, 1.82) is 5.26 Å². The van der Waals surface area contributed by atoms with Crippen LogP contribution in [0.3, 0.4) is 0 Å². The zero-order chi connectivity index (χ0) is 16.2. The number of hydrogen-bond acceptors (Lipinski definition) is 6. The Balaban J connectivity index is 1.39. The summed E-state index contributed by atoms with van der Waals surface area (Å²) in [4.78, 5) is 17.7. The summed E-state index contributed by atoms with van der Waals surface area (Å²) in [7, 11) is 0. The molecule has 3 aliphatic rings. The van der Waals surface area contributed by atoms with Gasteiger partial charge >= 0.3 is 0 Å². The van der Waals surface area contributed by atoms with Gasteiger partial charge in [0, 0.05) is 19.0 Å². The summed E-state index contributed by atoms with van der Waals surface area (Å²) in [6, 6.07) is 1.72. The highest BCUT2D eigenvalue weighted by Crippen LogP contribution is 2.26. The minimum absolute atomic E-state index is 0.0483. The lowest BCUT2D eigenvalue weighted by Gasteiger charge is -2.21. The van der Waals surface area contributed by atoms with E-state index in [1.54, 1.807) is 6.34 Å². The minimum atomic E-state index is -1.07. The lowest BCUT2D eigenvalue weighted by atomic mass is 10.1. The molecule has 1 amide bonds. The molecule has 126 valence electrons. The average molecular weight is 322 g/mol. The number of rotatable bonds is 5. The van der Waals surface area contributed by atoms with Gasteiger partial charge in [0.25, 0.3) is 0 Å². The van der Waals surface area contributed by atoms with E-state index in [0.29, 0.717) is 18.6 Å². The van der Waals surface area contributed by atoms with Crippen molar-refractivity contribution >= 4 is 12.2 Å². The molecule has 3 rings (SSSR count). The van der Waals surface area contributed by atoms with Crippen LogP contribution in [0.5, 0.6) is 0 Å². The molecule has 2 fully saturated rings. The first-order valence-electron chi connectivity index (χ1n) is 8.21. The number of aliphatic imine (C=N–C) groups is 1. The van der Waals surface area contributed by atoms with E-state index < -0.39 is 12.2 Å². The third kappa shape index (κ3) is 3.98. The minimum Gasteiger partial charge on any atom is -0.323 e. The number of halogens is 1. The normalized spacial score (nSPS) is 33.8. The Kier molecular flexibility index (Phi) is 5.08. The highest BCUT2D eigenvalue weighted by atomic mass is 19.1. The van der Waals surface area contributed by atoms with Crippen LogP contribution in [-0.4, -0.2) is 66.7 Å². The third-order valence-electron chi connectivity index (χ3n) is 4.87. The van der Waals surface area contributed by atoms with E-state index in [4.69, 9.17) is 5.26 Å². The molecule has 2 N–H and O–H groups in total. The second-order valence-corrected chi connectivity index (χ2v) is 6.59. The van der Waals surface area contributed by atoms with Crippen LogP contribution in [0.2, 0.25) is 0 Å². The first-order valence-corrected chi connectivity index (χ1v) is 8.21. The average Bonchev–Trinajstić information content (AvgIpc) is 3.26. The summed E-state index contributed by atoms with van der Waals surface area (Å²) in [5.41, 5.74) is 3.10. The molecule has 1 saturated heterocycles. The maximum Gasteiger partial charge on any atom is 0.237 e. The van der Waals surface area contributed by atoms with Crippen LogP contribution in [-0.2, 0) is 4.79 Å². The summed E-state index contributed by atoms with van der Waals surface area (Å²) < 4.78 is 13.4. The Bertz CT molecular complexity index is 499. The molecule has 8 heteroatoms. The highest BCUT2D eigenvalue weighted by Gasteiger charge is 2.35. The Morgan fingerprint density at radius 3 is 3.09 bits per heavy atom. The van der Waals surface area contributed by atoms with E-state index in [1.165, 1.54) is 4.90 Å². The maximum absolute atomic E-state index is 13.4. The number of carbonyl (C=O) groups excluding carboxylic acids is 1. The molecule has 23 heavy (non-hydrogen) atoms. The van der Waals surface area contributed by atoms with E-state index in [1.807, 2.05) is 6.07 Å². The third-order valence-corrected chi connectivity index (χ3v) is 4.87. The number of carbonyl (C=O) groups is 1. The molecule has 0 aromatic rings. The Hall–Kier alpha value is -1.72. The van der Waals surface area contributed by atoms with Gasteiger partial charge in [0.2, 0.25) is 5.91 Å². The Labute approximate surface area is 135 Å². The molecular formula is C15H23FN6O. The van der Waals surface area contributed by atoms with Crippen LogP contribution in [0.4, 0.5) is 4.39 Å². The van der Waals surface area contributed by atoms with E-state index >= 15 is 0 Å². The molecule has 2 aliphatic heterocycles. The van der Waals surface area contributed by atoms with E-state index in [0.717, 1.165) is 25.8 Å². The predicted octanol–water partition coefficient (Wildman–Crippen LogP) is 0.0133. The summed E-state index contributed by atoms with van der Waals surface area (Å²) in [6.07, 6.45) is 3.97. The van der Waals surface area contributed by atoms with Gasteiger partial charge in [-0.05, 0) is 25.2 Å². The van der Waals surface area contributed by atoms with E-state index in [-0.39, 0.29) is 25.4 Å². The number of nitrogens with one attached hydrogen (secondary N) is 2. The summed E-state index contributed by atoms with van der Waals surface area (Å²) in [5, 5.41) is 14.4. The predicted molar refractivity (Wildman–Crippen MR) is 83.0 cm³/mol. The lowest BCUT2D eigenvalue weighted by Crippen LogP contribution is -2.43. The van der Waals surface area contributed by atoms with Crippen LogP contribution in [0.15, 0.2) is 4.99 Å². The fourth-order valence-corrected chi connectivity index (χ4v) is 3.67. The smallest absolute Gasteiger partial charge is 0.237 e. The second-order valence-electron chi connectivity index (χ2n) is 6.59. The Morgan fingerprint density at radius 1 is 1.48 bits per heavy atom. The van der Waals surface area contributed by atoms with Crippen molar-refractivity contribution in [2.45, 2.75) is 43.9 Å². The molecule has 0 radical (unpaired) electrons. The number of hydrazine groups is 1. The van der Waals surface area contributed by atoms with E-state index in [2.05, 4.69) is 20.7 Å². The van der Waals surface area contributed by atoms with Crippen molar-refractivity contribution in [3.8, 4) is 6.07 Å². The summed E-state index contributed by atoms with van der Waals surface area (Å²) in [6.45, 7) is 1.89. The van der Waals surface area contributed by atoms with Crippen molar-refractivity contribution in [1.82, 2.24) is 20.7 Å². The van der Waals surface area contributed by atoms with Gasteiger partial charge in [-0.2, -0.15) is 5.26 Å². The van der Waals surface area contributed by atoms with Crippen molar-refractivity contribution < 1.29 is 9.18 Å². The molecule has 1 aliphatic carbocycles.